The smallest absolute Gasteiger partial charge is 0.207 e. The van der Waals surface area contributed by atoms with Crippen molar-refractivity contribution in [3.8, 4) is 0 Å². The van der Waals surface area contributed by atoms with E-state index in [0.29, 0.717) is 0 Å². The SMILES string of the molecule is C=CC1(C(C)NC=O)CCC1. The van der Waals surface area contributed by atoms with E-state index in [0.717, 1.165) is 6.41 Å². The van der Waals surface area contributed by atoms with Crippen molar-refractivity contribution in [3.05, 3.63) is 12.7 Å². The van der Waals surface area contributed by atoms with E-state index in [1.165, 1.54) is 19.3 Å². The van der Waals surface area contributed by atoms with Crippen LogP contribution in [-0.4, -0.2) is 12.5 Å². The van der Waals surface area contributed by atoms with Crippen LogP contribution in [0.25, 0.3) is 0 Å². The molecule has 0 heterocycles. The Hall–Kier alpha value is -0.790. The summed E-state index contributed by atoms with van der Waals surface area (Å²) in [5.41, 5.74) is 0.195. The number of carbonyl (C=O) groups is 1. The lowest BCUT2D eigenvalue weighted by atomic mass is 9.64. The summed E-state index contributed by atoms with van der Waals surface area (Å²) < 4.78 is 0. The van der Waals surface area contributed by atoms with Crippen LogP contribution in [0.2, 0.25) is 0 Å². The average molecular weight is 153 g/mol. The molecule has 1 N–H and O–H groups in total. The number of hydrogen-bond acceptors (Lipinski definition) is 1. The molecule has 0 aliphatic heterocycles. The maximum absolute atomic E-state index is 10.2. The van der Waals surface area contributed by atoms with E-state index >= 15 is 0 Å². The molecular formula is C9H15NO. The zero-order valence-corrected chi connectivity index (χ0v) is 6.97. The summed E-state index contributed by atoms with van der Waals surface area (Å²) in [6.45, 7) is 5.84. The Morgan fingerprint density at radius 1 is 1.64 bits per heavy atom. The maximum atomic E-state index is 10.2. The van der Waals surface area contributed by atoms with Gasteiger partial charge in [-0.15, -0.1) is 6.58 Å². The Morgan fingerprint density at radius 3 is 2.55 bits per heavy atom. The fourth-order valence-corrected chi connectivity index (χ4v) is 1.67. The molecule has 1 rings (SSSR count). The van der Waals surface area contributed by atoms with Gasteiger partial charge in [-0.3, -0.25) is 4.79 Å². The van der Waals surface area contributed by atoms with Gasteiger partial charge in [0.2, 0.25) is 6.41 Å². The Labute approximate surface area is 67.7 Å². The molecule has 1 aliphatic rings. The second-order valence-corrected chi connectivity index (χ2v) is 3.30. The zero-order valence-electron chi connectivity index (χ0n) is 6.97. The van der Waals surface area contributed by atoms with Gasteiger partial charge in [-0.1, -0.05) is 12.5 Å². The van der Waals surface area contributed by atoms with Gasteiger partial charge in [0.05, 0.1) is 0 Å². The highest BCUT2D eigenvalue weighted by Crippen LogP contribution is 2.44. The van der Waals surface area contributed by atoms with E-state index in [2.05, 4.69) is 11.9 Å². The van der Waals surface area contributed by atoms with Crippen LogP contribution in [0.5, 0.6) is 0 Å². The molecule has 1 unspecified atom stereocenters. The van der Waals surface area contributed by atoms with Crippen LogP contribution < -0.4 is 5.32 Å². The molecule has 2 heteroatoms. The lowest BCUT2D eigenvalue weighted by Gasteiger charge is -2.43. The van der Waals surface area contributed by atoms with E-state index in [9.17, 15) is 4.79 Å². The Morgan fingerprint density at radius 2 is 2.27 bits per heavy atom. The van der Waals surface area contributed by atoms with Crippen LogP contribution in [-0.2, 0) is 4.79 Å². The predicted octanol–water partition coefficient (Wildman–Crippen LogP) is 1.48. The number of carbonyl (C=O) groups excluding carboxylic acids is 1. The molecule has 1 aliphatic carbocycles. The molecule has 0 aromatic rings. The molecule has 0 aromatic heterocycles. The van der Waals surface area contributed by atoms with Crippen molar-refractivity contribution in [2.24, 2.45) is 5.41 Å². The first-order chi connectivity index (χ1) is 5.25. The molecule has 2 nitrogen and oxygen atoms in total. The molecule has 1 atom stereocenters. The van der Waals surface area contributed by atoms with E-state index < -0.39 is 0 Å². The molecule has 11 heavy (non-hydrogen) atoms. The lowest BCUT2D eigenvalue weighted by Crippen LogP contribution is -2.45. The quantitative estimate of drug-likeness (QED) is 0.481. The largest absolute Gasteiger partial charge is 0.355 e. The monoisotopic (exact) mass is 153 g/mol. The number of nitrogens with one attached hydrogen (secondary N) is 1. The Kier molecular flexibility index (Phi) is 2.32. The van der Waals surface area contributed by atoms with Crippen molar-refractivity contribution in [2.75, 3.05) is 0 Å². The van der Waals surface area contributed by atoms with Crippen LogP contribution in [0.1, 0.15) is 26.2 Å². The molecule has 1 saturated carbocycles. The Bertz CT molecular complexity index is 161. The van der Waals surface area contributed by atoms with Gasteiger partial charge in [0.25, 0.3) is 0 Å². The van der Waals surface area contributed by atoms with Gasteiger partial charge in [0, 0.05) is 11.5 Å². The first-order valence-corrected chi connectivity index (χ1v) is 4.08. The number of rotatable bonds is 4. The van der Waals surface area contributed by atoms with Gasteiger partial charge in [-0.05, 0) is 19.8 Å². The Balaban J connectivity index is 2.53. The van der Waals surface area contributed by atoms with Crippen LogP contribution in [0.3, 0.4) is 0 Å². The molecule has 0 saturated heterocycles. The van der Waals surface area contributed by atoms with E-state index in [1.807, 2.05) is 13.0 Å². The van der Waals surface area contributed by atoms with Crippen LogP contribution in [0.4, 0.5) is 0 Å². The summed E-state index contributed by atoms with van der Waals surface area (Å²) in [5, 5.41) is 2.79. The van der Waals surface area contributed by atoms with E-state index in [-0.39, 0.29) is 11.5 Å². The van der Waals surface area contributed by atoms with E-state index in [4.69, 9.17) is 0 Å². The predicted molar refractivity (Wildman–Crippen MR) is 45.1 cm³/mol. The van der Waals surface area contributed by atoms with Crippen LogP contribution >= 0.6 is 0 Å². The highest BCUT2D eigenvalue weighted by molar-refractivity contribution is 5.47. The summed E-state index contributed by atoms with van der Waals surface area (Å²) in [7, 11) is 0. The summed E-state index contributed by atoms with van der Waals surface area (Å²) in [6, 6.07) is 0.242. The summed E-state index contributed by atoms with van der Waals surface area (Å²) in [6.07, 6.45) is 6.35. The van der Waals surface area contributed by atoms with Crippen molar-refractivity contribution >= 4 is 6.41 Å². The topological polar surface area (TPSA) is 29.1 Å². The van der Waals surface area contributed by atoms with Gasteiger partial charge in [0.15, 0.2) is 0 Å². The fourth-order valence-electron chi connectivity index (χ4n) is 1.67. The summed E-state index contributed by atoms with van der Waals surface area (Å²) in [5.74, 6) is 0. The standard InChI is InChI=1S/C9H15NO/c1-3-9(5-4-6-9)8(2)10-7-11/h3,7-8H,1,4-6H2,2H3,(H,10,11). The minimum atomic E-state index is 0.195. The van der Waals surface area contributed by atoms with Gasteiger partial charge >= 0.3 is 0 Å². The first-order valence-electron chi connectivity index (χ1n) is 4.08. The van der Waals surface area contributed by atoms with Crippen molar-refractivity contribution in [1.82, 2.24) is 5.32 Å². The molecular weight excluding hydrogens is 138 g/mol. The van der Waals surface area contributed by atoms with Gasteiger partial charge in [-0.25, -0.2) is 0 Å². The molecule has 1 fully saturated rings. The number of amides is 1. The summed E-state index contributed by atoms with van der Waals surface area (Å²) >= 11 is 0. The normalized spacial score (nSPS) is 23.0. The van der Waals surface area contributed by atoms with E-state index in [1.54, 1.807) is 0 Å². The zero-order chi connectivity index (χ0) is 8.32. The maximum Gasteiger partial charge on any atom is 0.207 e. The second-order valence-electron chi connectivity index (χ2n) is 3.30. The van der Waals surface area contributed by atoms with Gasteiger partial charge < -0.3 is 5.32 Å². The van der Waals surface area contributed by atoms with Crippen molar-refractivity contribution < 1.29 is 4.79 Å². The van der Waals surface area contributed by atoms with Gasteiger partial charge in [0.1, 0.15) is 0 Å². The average Bonchev–Trinajstić information content (AvgIpc) is 1.87. The van der Waals surface area contributed by atoms with Gasteiger partial charge in [-0.2, -0.15) is 0 Å². The van der Waals surface area contributed by atoms with Crippen LogP contribution in [0, 0.1) is 5.41 Å². The highest BCUT2D eigenvalue weighted by atomic mass is 16.1. The fraction of sp³-hybridized carbons (Fsp3) is 0.667. The van der Waals surface area contributed by atoms with Crippen LogP contribution in [0.15, 0.2) is 12.7 Å². The minimum absolute atomic E-state index is 0.195. The van der Waals surface area contributed by atoms with Crippen molar-refractivity contribution in [2.45, 2.75) is 32.2 Å². The molecule has 1 amide bonds. The summed E-state index contributed by atoms with van der Waals surface area (Å²) in [4.78, 5) is 10.2. The molecule has 0 radical (unpaired) electrons. The third-order valence-electron chi connectivity index (χ3n) is 2.87. The minimum Gasteiger partial charge on any atom is -0.355 e. The molecule has 0 spiro atoms. The van der Waals surface area contributed by atoms with Crippen molar-refractivity contribution in [3.63, 3.8) is 0 Å². The van der Waals surface area contributed by atoms with Crippen molar-refractivity contribution in [1.29, 1.82) is 0 Å². The molecule has 0 aromatic carbocycles. The number of hydrogen-bond donors (Lipinski definition) is 1. The molecule has 0 bridgehead atoms. The highest BCUT2D eigenvalue weighted by Gasteiger charge is 2.38. The molecule has 62 valence electrons. The third-order valence-corrected chi connectivity index (χ3v) is 2.87. The first kappa shape index (κ1) is 8.31. The second kappa shape index (κ2) is 3.07. The third kappa shape index (κ3) is 1.30. The lowest BCUT2D eigenvalue weighted by molar-refractivity contribution is -0.111.